The molecule has 24 heavy (non-hydrogen) atoms. The second-order valence-electron chi connectivity index (χ2n) is 5.30. The summed E-state index contributed by atoms with van der Waals surface area (Å²) in [4.78, 5) is 8.89. The van der Waals surface area contributed by atoms with Crippen LogP contribution in [0.15, 0.2) is 41.5 Å². The van der Waals surface area contributed by atoms with E-state index in [4.69, 9.17) is 0 Å². The molecule has 0 aliphatic carbocycles. The molecule has 2 N–H and O–H groups in total. The molecule has 0 spiro atoms. The van der Waals surface area contributed by atoms with E-state index in [0.29, 0.717) is 13.1 Å². The van der Waals surface area contributed by atoms with Crippen molar-refractivity contribution in [2.24, 2.45) is 19.1 Å². The largest absolute Gasteiger partial charge is 0.351 e. The fraction of sp³-hybridized carbons (Fsp3) is 0.312. The minimum Gasteiger partial charge on any atom is -0.351 e. The molecular weight excluding hydrogens is 417 g/mol. The Kier molecular flexibility index (Phi) is 6.18. The number of aryl methyl sites for hydroxylation is 2. The van der Waals surface area contributed by atoms with Crippen LogP contribution in [0.3, 0.4) is 0 Å². The van der Waals surface area contributed by atoms with Crippen molar-refractivity contribution < 1.29 is 0 Å². The number of hydrogen-bond acceptors (Lipinski definition) is 3. The average molecular weight is 439 g/mol. The van der Waals surface area contributed by atoms with Gasteiger partial charge in [0.1, 0.15) is 5.82 Å². The standard InChI is InChI=1S/C16H21N7.HI/c1-17-16(18-10-12-8-9-20-23(12)3)19-11-15-21-13-6-4-5-7-14(13)22(15)2;/h4-9H,10-11H2,1-3H3,(H2,17,18,19);1H. The third-order valence-electron chi connectivity index (χ3n) is 3.88. The molecule has 128 valence electrons. The molecule has 0 unspecified atom stereocenters. The van der Waals surface area contributed by atoms with Crippen molar-refractivity contribution in [3.8, 4) is 0 Å². The molecule has 1 aromatic carbocycles. The number of para-hydroxylation sites is 2. The SMILES string of the molecule is CN=C(NCc1ccnn1C)NCc1nc2ccccc2n1C.I. The van der Waals surface area contributed by atoms with Crippen LogP contribution in [0.25, 0.3) is 11.0 Å². The lowest BCUT2D eigenvalue weighted by Crippen LogP contribution is -2.37. The van der Waals surface area contributed by atoms with E-state index in [2.05, 4.69) is 36.3 Å². The van der Waals surface area contributed by atoms with Crippen molar-refractivity contribution in [1.82, 2.24) is 30.0 Å². The van der Waals surface area contributed by atoms with Crippen LogP contribution in [-0.4, -0.2) is 32.3 Å². The van der Waals surface area contributed by atoms with Gasteiger partial charge in [0.15, 0.2) is 5.96 Å². The first kappa shape index (κ1) is 18.2. The summed E-state index contributed by atoms with van der Waals surface area (Å²) in [6, 6.07) is 10.1. The lowest BCUT2D eigenvalue weighted by molar-refractivity contribution is 0.679. The van der Waals surface area contributed by atoms with Crippen LogP contribution in [0.4, 0.5) is 0 Å². The number of guanidine groups is 1. The highest BCUT2D eigenvalue weighted by molar-refractivity contribution is 14.0. The second-order valence-corrected chi connectivity index (χ2v) is 5.30. The highest BCUT2D eigenvalue weighted by Crippen LogP contribution is 2.13. The molecule has 8 heteroatoms. The van der Waals surface area contributed by atoms with Gasteiger partial charge in [0.05, 0.1) is 29.8 Å². The number of imidazole rings is 1. The van der Waals surface area contributed by atoms with E-state index in [1.54, 1.807) is 13.2 Å². The molecule has 0 amide bonds. The molecule has 0 atom stereocenters. The van der Waals surface area contributed by atoms with E-state index < -0.39 is 0 Å². The Balaban J connectivity index is 0.00000208. The summed E-state index contributed by atoms with van der Waals surface area (Å²) in [5, 5.41) is 10.7. The first-order valence-electron chi connectivity index (χ1n) is 7.51. The summed E-state index contributed by atoms with van der Waals surface area (Å²) in [5.74, 6) is 1.70. The summed E-state index contributed by atoms with van der Waals surface area (Å²) in [5.41, 5.74) is 3.22. The third kappa shape index (κ3) is 3.86. The predicted octanol–water partition coefficient (Wildman–Crippen LogP) is 1.79. The number of nitrogens with one attached hydrogen (secondary N) is 2. The van der Waals surface area contributed by atoms with Crippen molar-refractivity contribution in [2.75, 3.05) is 7.05 Å². The van der Waals surface area contributed by atoms with Gasteiger partial charge in [-0.3, -0.25) is 9.67 Å². The fourth-order valence-corrected chi connectivity index (χ4v) is 2.49. The molecular formula is C16H22IN7. The maximum Gasteiger partial charge on any atom is 0.191 e. The number of hydrogen-bond donors (Lipinski definition) is 2. The number of fused-ring (bicyclic) bond motifs is 1. The summed E-state index contributed by atoms with van der Waals surface area (Å²) >= 11 is 0. The van der Waals surface area contributed by atoms with Gasteiger partial charge in [-0.25, -0.2) is 4.98 Å². The average Bonchev–Trinajstić information content (AvgIpc) is 3.12. The van der Waals surface area contributed by atoms with E-state index in [9.17, 15) is 0 Å². The molecule has 0 aliphatic rings. The second kappa shape index (κ2) is 8.13. The molecule has 0 saturated carbocycles. The lowest BCUT2D eigenvalue weighted by Gasteiger charge is -2.12. The van der Waals surface area contributed by atoms with Gasteiger partial charge in [-0.15, -0.1) is 24.0 Å². The van der Waals surface area contributed by atoms with Crippen LogP contribution in [0.5, 0.6) is 0 Å². The number of aliphatic imine (C=N–C) groups is 1. The first-order chi connectivity index (χ1) is 11.2. The zero-order valence-corrected chi connectivity index (χ0v) is 16.4. The van der Waals surface area contributed by atoms with Crippen LogP contribution in [0.2, 0.25) is 0 Å². The Hall–Kier alpha value is -2.10. The Bertz CT molecular complexity index is 834. The monoisotopic (exact) mass is 439 g/mol. The van der Waals surface area contributed by atoms with E-state index in [1.807, 2.05) is 43.0 Å². The zero-order chi connectivity index (χ0) is 16.2. The van der Waals surface area contributed by atoms with Gasteiger partial charge in [-0.2, -0.15) is 5.10 Å². The molecule has 0 aliphatic heterocycles. The fourth-order valence-electron chi connectivity index (χ4n) is 2.49. The predicted molar refractivity (Wildman–Crippen MR) is 106 cm³/mol. The van der Waals surface area contributed by atoms with Gasteiger partial charge < -0.3 is 15.2 Å². The molecule has 0 bridgehead atoms. The molecule has 3 aromatic rings. The highest BCUT2D eigenvalue weighted by Gasteiger charge is 2.08. The Labute approximate surface area is 158 Å². The van der Waals surface area contributed by atoms with Crippen LogP contribution in [-0.2, 0) is 27.2 Å². The minimum absolute atomic E-state index is 0. The Morgan fingerprint density at radius 1 is 1.12 bits per heavy atom. The maximum absolute atomic E-state index is 4.65. The van der Waals surface area contributed by atoms with Gasteiger partial charge in [0.2, 0.25) is 0 Å². The van der Waals surface area contributed by atoms with E-state index in [0.717, 1.165) is 28.5 Å². The summed E-state index contributed by atoms with van der Waals surface area (Å²) < 4.78 is 3.93. The molecule has 0 radical (unpaired) electrons. The molecule has 0 fully saturated rings. The van der Waals surface area contributed by atoms with Crippen molar-refractivity contribution in [2.45, 2.75) is 13.1 Å². The summed E-state index contributed by atoms with van der Waals surface area (Å²) in [6.07, 6.45) is 1.78. The van der Waals surface area contributed by atoms with Crippen molar-refractivity contribution >= 4 is 41.0 Å². The molecule has 0 saturated heterocycles. The van der Waals surface area contributed by atoms with E-state index in [-0.39, 0.29) is 24.0 Å². The smallest absolute Gasteiger partial charge is 0.191 e. The highest BCUT2D eigenvalue weighted by atomic mass is 127. The maximum atomic E-state index is 4.65. The number of benzene rings is 1. The van der Waals surface area contributed by atoms with E-state index in [1.165, 1.54) is 0 Å². The van der Waals surface area contributed by atoms with E-state index >= 15 is 0 Å². The van der Waals surface area contributed by atoms with Gasteiger partial charge in [-0.1, -0.05) is 12.1 Å². The lowest BCUT2D eigenvalue weighted by atomic mass is 10.3. The Morgan fingerprint density at radius 2 is 1.88 bits per heavy atom. The third-order valence-corrected chi connectivity index (χ3v) is 3.88. The number of aromatic nitrogens is 4. The summed E-state index contributed by atoms with van der Waals surface area (Å²) in [6.45, 7) is 1.27. The van der Waals surface area contributed by atoms with Crippen molar-refractivity contribution in [3.63, 3.8) is 0 Å². The van der Waals surface area contributed by atoms with Gasteiger partial charge in [0.25, 0.3) is 0 Å². The normalized spacial score (nSPS) is 11.4. The minimum atomic E-state index is 0. The first-order valence-corrected chi connectivity index (χ1v) is 7.51. The Morgan fingerprint density at radius 3 is 2.54 bits per heavy atom. The van der Waals surface area contributed by atoms with Gasteiger partial charge in [-0.05, 0) is 18.2 Å². The number of rotatable bonds is 4. The molecule has 3 rings (SSSR count). The van der Waals surface area contributed by atoms with Crippen molar-refractivity contribution in [1.29, 1.82) is 0 Å². The van der Waals surface area contributed by atoms with Crippen LogP contribution in [0.1, 0.15) is 11.5 Å². The molecule has 7 nitrogen and oxygen atoms in total. The van der Waals surface area contributed by atoms with Gasteiger partial charge in [0, 0.05) is 27.3 Å². The number of halogens is 1. The van der Waals surface area contributed by atoms with Gasteiger partial charge >= 0.3 is 0 Å². The van der Waals surface area contributed by atoms with Crippen molar-refractivity contribution in [3.05, 3.63) is 48.0 Å². The molecule has 2 aromatic heterocycles. The quantitative estimate of drug-likeness (QED) is 0.370. The summed E-state index contributed by atoms with van der Waals surface area (Å²) in [7, 11) is 5.71. The number of nitrogens with zero attached hydrogens (tertiary/aromatic N) is 5. The van der Waals surface area contributed by atoms with Crippen LogP contribution < -0.4 is 10.6 Å². The molecule has 2 heterocycles. The van der Waals surface area contributed by atoms with Crippen LogP contribution in [0, 0.1) is 0 Å². The van der Waals surface area contributed by atoms with Crippen LogP contribution >= 0.6 is 24.0 Å². The topological polar surface area (TPSA) is 72.1 Å². The zero-order valence-electron chi connectivity index (χ0n) is 14.0.